The predicted octanol–water partition coefficient (Wildman–Crippen LogP) is 3.90. The van der Waals surface area contributed by atoms with E-state index in [-0.39, 0.29) is 24.6 Å². The minimum Gasteiger partial charge on any atom is -0.497 e. The lowest BCUT2D eigenvalue weighted by Gasteiger charge is -2.09. The van der Waals surface area contributed by atoms with Gasteiger partial charge in [-0.2, -0.15) is 4.91 Å². The van der Waals surface area contributed by atoms with Crippen LogP contribution in [-0.4, -0.2) is 31.5 Å². The maximum atomic E-state index is 12.5. The standard InChI is InChI=1S/C19H21NO5/c1-3-25-18(21)6-4-5-17(20-23)19(22)15-8-7-14-12-16(24-2)10-9-13(14)11-15/h7-12,17H,3-6H2,1-2H3. The normalized spacial score (nSPS) is 11.8. The Morgan fingerprint density at radius 2 is 1.84 bits per heavy atom. The zero-order valence-electron chi connectivity index (χ0n) is 14.4. The average Bonchev–Trinajstić information content (AvgIpc) is 2.64. The van der Waals surface area contributed by atoms with Crippen molar-refractivity contribution in [3.05, 3.63) is 46.9 Å². The smallest absolute Gasteiger partial charge is 0.305 e. The second kappa shape index (κ2) is 8.92. The number of methoxy groups -OCH3 is 1. The summed E-state index contributed by atoms with van der Waals surface area (Å²) in [7, 11) is 1.59. The lowest BCUT2D eigenvalue weighted by Crippen LogP contribution is -2.19. The van der Waals surface area contributed by atoms with E-state index in [4.69, 9.17) is 9.47 Å². The molecule has 1 atom stereocenters. The Kier molecular flexibility index (Phi) is 6.62. The lowest BCUT2D eigenvalue weighted by atomic mass is 9.97. The van der Waals surface area contributed by atoms with Crippen LogP contribution in [0.2, 0.25) is 0 Å². The van der Waals surface area contributed by atoms with Gasteiger partial charge in [0.2, 0.25) is 0 Å². The third kappa shape index (κ3) is 4.86. The zero-order valence-corrected chi connectivity index (χ0v) is 14.4. The van der Waals surface area contributed by atoms with Gasteiger partial charge in [-0.3, -0.25) is 9.59 Å². The Labute approximate surface area is 146 Å². The third-order valence-corrected chi connectivity index (χ3v) is 3.93. The first-order valence-corrected chi connectivity index (χ1v) is 8.19. The van der Waals surface area contributed by atoms with Crippen LogP contribution in [0, 0.1) is 4.91 Å². The number of ether oxygens (including phenoxy) is 2. The van der Waals surface area contributed by atoms with Crippen molar-refractivity contribution < 1.29 is 19.1 Å². The topological polar surface area (TPSA) is 82.0 Å². The lowest BCUT2D eigenvalue weighted by molar-refractivity contribution is -0.143. The van der Waals surface area contributed by atoms with Crippen LogP contribution < -0.4 is 4.74 Å². The van der Waals surface area contributed by atoms with Crippen molar-refractivity contribution in [2.45, 2.75) is 32.2 Å². The van der Waals surface area contributed by atoms with E-state index < -0.39 is 6.04 Å². The molecule has 2 aromatic carbocycles. The monoisotopic (exact) mass is 343 g/mol. The number of ketones is 1. The van der Waals surface area contributed by atoms with Crippen LogP contribution in [0.4, 0.5) is 0 Å². The summed E-state index contributed by atoms with van der Waals surface area (Å²) in [4.78, 5) is 34.9. The van der Waals surface area contributed by atoms with Gasteiger partial charge in [-0.05, 0) is 48.7 Å². The fraction of sp³-hybridized carbons (Fsp3) is 0.368. The van der Waals surface area contributed by atoms with Crippen molar-refractivity contribution in [2.75, 3.05) is 13.7 Å². The fourth-order valence-electron chi connectivity index (χ4n) is 2.60. The highest BCUT2D eigenvalue weighted by atomic mass is 16.5. The van der Waals surface area contributed by atoms with Gasteiger partial charge in [0.05, 0.1) is 13.7 Å². The van der Waals surface area contributed by atoms with E-state index in [0.717, 1.165) is 16.5 Å². The summed E-state index contributed by atoms with van der Waals surface area (Å²) in [6.45, 7) is 2.04. The Morgan fingerprint density at radius 1 is 1.12 bits per heavy atom. The summed E-state index contributed by atoms with van der Waals surface area (Å²) in [5.74, 6) is 0.0637. The number of nitrogens with zero attached hydrogens (tertiary/aromatic N) is 1. The molecular formula is C19H21NO5. The van der Waals surface area contributed by atoms with Crippen LogP contribution >= 0.6 is 0 Å². The predicted molar refractivity (Wildman–Crippen MR) is 94.9 cm³/mol. The first-order chi connectivity index (χ1) is 12.1. The van der Waals surface area contributed by atoms with Crippen molar-refractivity contribution in [2.24, 2.45) is 5.18 Å². The van der Waals surface area contributed by atoms with Crippen LogP contribution in [0.5, 0.6) is 5.75 Å². The quantitative estimate of drug-likeness (QED) is 0.392. The molecule has 0 fully saturated rings. The van der Waals surface area contributed by atoms with Crippen molar-refractivity contribution in [1.29, 1.82) is 0 Å². The molecule has 6 heteroatoms. The largest absolute Gasteiger partial charge is 0.497 e. The molecule has 25 heavy (non-hydrogen) atoms. The number of rotatable bonds is 9. The van der Waals surface area contributed by atoms with Gasteiger partial charge in [0.1, 0.15) is 5.75 Å². The first-order valence-electron chi connectivity index (χ1n) is 8.19. The van der Waals surface area contributed by atoms with Gasteiger partial charge in [-0.15, -0.1) is 0 Å². The second-order valence-electron chi connectivity index (χ2n) is 5.61. The highest BCUT2D eigenvalue weighted by Gasteiger charge is 2.21. The summed E-state index contributed by atoms with van der Waals surface area (Å²) in [5.41, 5.74) is 0.429. The molecule has 0 spiro atoms. The van der Waals surface area contributed by atoms with Gasteiger partial charge >= 0.3 is 5.97 Å². The van der Waals surface area contributed by atoms with Gasteiger partial charge in [0, 0.05) is 12.0 Å². The minimum atomic E-state index is -0.995. The maximum absolute atomic E-state index is 12.5. The van der Waals surface area contributed by atoms with Crippen molar-refractivity contribution in [3.63, 3.8) is 0 Å². The van der Waals surface area contributed by atoms with Crippen LogP contribution in [-0.2, 0) is 9.53 Å². The van der Waals surface area contributed by atoms with Gasteiger partial charge in [0.25, 0.3) is 0 Å². The molecule has 0 saturated carbocycles. The number of Topliss-reactive ketones (excluding diaryl/α,β-unsaturated/α-hetero) is 1. The number of carbonyl (C=O) groups is 2. The molecule has 0 saturated heterocycles. The second-order valence-corrected chi connectivity index (χ2v) is 5.61. The summed E-state index contributed by atoms with van der Waals surface area (Å²) in [6, 6.07) is 9.77. The number of hydrogen-bond donors (Lipinski definition) is 0. The van der Waals surface area contributed by atoms with E-state index in [1.165, 1.54) is 0 Å². The summed E-state index contributed by atoms with van der Waals surface area (Å²) in [6.07, 6.45) is 0.776. The number of hydrogen-bond acceptors (Lipinski definition) is 6. The molecule has 0 amide bonds. The van der Waals surface area contributed by atoms with Gasteiger partial charge in [-0.1, -0.05) is 23.4 Å². The molecule has 0 N–H and O–H groups in total. The number of benzene rings is 2. The van der Waals surface area contributed by atoms with E-state index in [1.54, 1.807) is 26.2 Å². The molecule has 2 rings (SSSR count). The molecule has 0 aromatic heterocycles. The highest BCUT2D eigenvalue weighted by Crippen LogP contribution is 2.23. The van der Waals surface area contributed by atoms with Gasteiger partial charge < -0.3 is 9.47 Å². The highest BCUT2D eigenvalue weighted by molar-refractivity contribution is 6.03. The Bertz CT molecular complexity index is 771. The van der Waals surface area contributed by atoms with Crippen molar-refractivity contribution in [1.82, 2.24) is 0 Å². The molecule has 1 unspecified atom stereocenters. The molecule has 0 bridgehead atoms. The van der Waals surface area contributed by atoms with Crippen molar-refractivity contribution in [3.8, 4) is 5.75 Å². The number of nitroso groups, excluding NO2 is 1. The average molecular weight is 343 g/mol. The molecule has 0 aliphatic heterocycles. The van der Waals surface area contributed by atoms with E-state index in [0.29, 0.717) is 18.6 Å². The van der Waals surface area contributed by atoms with Crippen LogP contribution in [0.1, 0.15) is 36.5 Å². The van der Waals surface area contributed by atoms with Gasteiger partial charge in [0.15, 0.2) is 11.8 Å². The first kappa shape index (κ1) is 18.6. The van der Waals surface area contributed by atoms with Crippen LogP contribution in [0.15, 0.2) is 41.6 Å². The molecule has 0 radical (unpaired) electrons. The molecule has 132 valence electrons. The molecular weight excluding hydrogens is 322 g/mol. The zero-order chi connectivity index (χ0) is 18.2. The number of fused-ring (bicyclic) bond motifs is 1. The summed E-state index contributed by atoms with van der Waals surface area (Å²) >= 11 is 0. The molecule has 2 aromatic rings. The van der Waals surface area contributed by atoms with Gasteiger partial charge in [-0.25, -0.2) is 0 Å². The van der Waals surface area contributed by atoms with Crippen LogP contribution in [0.3, 0.4) is 0 Å². The summed E-state index contributed by atoms with van der Waals surface area (Å²) < 4.78 is 10.0. The Morgan fingerprint density at radius 3 is 2.52 bits per heavy atom. The maximum Gasteiger partial charge on any atom is 0.305 e. The summed E-state index contributed by atoms with van der Waals surface area (Å²) in [5, 5.41) is 4.76. The Hall–Kier alpha value is -2.76. The van der Waals surface area contributed by atoms with E-state index in [9.17, 15) is 14.5 Å². The molecule has 0 aliphatic carbocycles. The molecule has 0 aliphatic rings. The van der Waals surface area contributed by atoms with Crippen molar-refractivity contribution >= 4 is 22.5 Å². The molecule has 6 nitrogen and oxygen atoms in total. The molecule has 0 heterocycles. The van der Waals surface area contributed by atoms with E-state index in [1.807, 2.05) is 24.3 Å². The fourth-order valence-corrected chi connectivity index (χ4v) is 2.60. The number of esters is 1. The van der Waals surface area contributed by atoms with Crippen LogP contribution in [0.25, 0.3) is 10.8 Å². The minimum absolute atomic E-state index is 0.171. The van der Waals surface area contributed by atoms with E-state index in [2.05, 4.69) is 5.18 Å². The SMILES string of the molecule is CCOC(=O)CCCC(N=O)C(=O)c1ccc2cc(OC)ccc2c1. The van der Waals surface area contributed by atoms with E-state index >= 15 is 0 Å². The third-order valence-electron chi connectivity index (χ3n) is 3.93. The Balaban J connectivity index is 2.07. The number of carbonyl (C=O) groups excluding carboxylic acids is 2.